The number of nitrogens with one attached hydrogen (secondary N) is 4. The molecule has 1 saturated carbocycles. The lowest BCUT2D eigenvalue weighted by Gasteiger charge is -2.36. The Balaban J connectivity index is 1.17. The molecule has 3 fully saturated rings. The maximum atomic E-state index is 13.5. The Kier molecular flexibility index (Phi) is 10.8. The van der Waals surface area contributed by atoms with E-state index < -0.39 is 58.9 Å². The number of β-lactam (4-membered cyclic amide) rings is 1. The van der Waals surface area contributed by atoms with E-state index >= 15 is 0 Å². The number of oxime groups is 1. The summed E-state index contributed by atoms with van der Waals surface area (Å²) in [7, 11) is 0. The lowest BCUT2D eigenvalue weighted by molar-refractivity contribution is -0.153. The Morgan fingerprint density at radius 3 is 2.33 bits per heavy atom. The standard InChI is InChI=1S/C31H44N10O9S/c1-29(2,3)48-27(46)33-17-7-11-40(12-8-17)14-18-13-32-41(38-18)15-19-21(23(42)34-19)36-24(43)22(39-50-31(9-10-31)25(44)45)20-16-51-26(35-20)37-28(47)49-30(4,5)6/h13,16-17,19,21H,7-12,14-15H2,1-6H3,(H,33,46)(H,34,42)(H,36,43)(H,44,45)(H,35,37,47)/t19-,21-/m0/s1. The fraction of sp³-hybridized carbons (Fsp3) is 0.645. The summed E-state index contributed by atoms with van der Waals surface area (Å²) in [5.41, 5.74) is -2.53. The number of aromatic nitrogens is 4. The molecule has 51 heavy (non-hydrogen) atoms. The largest absolute Gasteiger partial charge is 0.478 e. The molecular weight excluding hydrogens is 688 g/mol. The number of aliphatic carboxylic acids is 1. The fourth-order valence-electron chi connectivity index (χ4n) is 5.20. The van der Waals surface area contributed by atoms with E-state index in [0.29, 0.717) is 6.54 Å². The van der Waals surface area contributed by atoms with Gasteiger partial charge in [-0.05, 0) is 54.4 Å². The molecule has 5 N–H and O–H groups in total. The third-order valence-electron chi connectivity index (χ3n) is 7.91. The predicted molar refractivity (Wildman–Crippen MR) is 181 cm³/mol. The van der Waals surface area contributed by atoms with Crippen molar-refractivity contribution in [1.29, 1.82) is 0 Å². The van der Waals surface area contributed by atoms with Crippen molar-refractivity contribution in [1.82, 2.24) is 40.8 Å². The molecule has 4 amide bonds. The van der Waals surface area contributed by atoms with E-state index in [-0.39, 0.29) is 42.0 Å². The van der Waals surface area contributed by atoms with Crippen molar-refractivity contribution in [3.63, 3.8) is 0 Å². The second-order valence-electron chi connectivity index (χ2n) is 14.6. The number of carbonyl (C=O) groups excluding carboxylic acids is 4. The van der Waals surface area contributed by atoms with Crippen LogP contribution in [0.3, 0.4) is 0 Å². The highest BCUT2D eigenvalue weighted by molar-refractivity contribution is 7.14. The van der Waals surface area contributed by atoms with Crippen LogP contribution >= 0.6 is 11.3 Å². The van der Waals surface area contributed by atoms with E-state index in [9.17, 15) is 29.1 Å². The maximum Gasteiger partial charge on any atom is 0.413 e. The molecule has 2 aromatic heterocycles. The number of alkyl carbamates (subject to hydrolysis) is 1. The van der Waals surface area contributed by atoms with E-state index in [1.807, 2.05) is 20.8 Å². The summed E-state index contributed by atoms with van der Waals surface area (Å²) in [5, 5.41) is 34.6. The second-order valence-corrected chi connectivity index (χ2v) is 15.5. The number of amides is 4. The number of piperidine rings is 1. The number of ether oxygens (including phenoxy) is 2. The van der Waals surface area contributed by atoms with Crippen molar-refractivity contribution < 1.29 is 43.4 Å². The zero-order valence-electron chi connectivity index (χ0n) is 29.3. The quantitative estimate of drug-likeness (QED) is 0.119. The average molecular weight is 733 g/mol. The van der Waals surface area contributed by atoms with Gasteiger partial charge in [0.25, 0.3) is 5.91 Å². The summed E-state index contributed by atoms with van der Waals surface area (Å²) in [4.78, 5) is 75.3. The Morgan fingerprint density at radius 1 is 1.06 bits per heavy atom. The Hall–Kier alpha value is -4.85. The molecule has 5 rings (SSSR count). The van der Waals surface area contributed by atoms with Crippen LogP contribution in [0.2, 0.25) is 0 Å². The zero-order valence-corrected chi connectivity index (χ0v) is 30.2. The summed E-state index contributed by atoms with van der Waals surface area (Å²) in [6, 6.07) is -1.52. The Morgan fingerprint density at radius 2 is 1.73 bits per heavy atom. The first-order chi connectivity index (χ1) is 23.9. The lowest BCUT2D eigenvalue weighted by Crippen LogP contribution is -2.70. The molecule has 4 heterocycles. The number of rotatable bonds is 12. The van der Waals surface area contributed by atoms with Gasteiger partial charge >= 0.3 is 18.2 Å². The van der Waals surface area contributed by atoms with Crippen LogP contribution in [0.1, 0.15) is 78.6 Å². The highest BCUT2D eigenvalue weighted by Crippen LogP contribution is 2.40. The number of anilines is 1. The molecule has 2 aromatic rings. The molecule has 2 saturated heterocycles. The summed E-state index contributed by atoms with van der Waals surface area (Å²) >= 11 is 0.985. The van der Waals surface area contributed by atoms with Crippen LogP contribution in [-0.2, 0) is 41.8 Å². The molecular formula is C31H44N10O9S. The number of hydrogen-bond donors (Lipinski definition) is 5. The summed E-state index contributed by atoms with van der Waals surface area (Å²) in [6.07, 6.45) is 2.40. The molecule has 0 spiro atoms. The second kappa shape index (κ2) is 14.8. The molecule has 0 unspecified atom stereocenters. The number of carboxylic acids is 1. The summed E-state index contributed by atoms with van der Waals surface area (Å²) in [5.74, 6) is -2.51. The van der Waals surface area contributed by atoms with E-state index in [0.717, 1.165) is 43.0 Å². The highest BCUT2D eigenvalue weighted by Gasteiger charge is 2.55. The normalized spacial score (nSPS) is 20.7. The minimum absolute atomic E-state index is 0.0101. The highest BCUT2D eigenvalue weighted by atomic mass is 32.1. The number of hydrogen-bond acceptors (Lipinski definition) is 14. The monoisotopic (exact) mass is 732 g/mol. The van der Waals surface area contributed by atoms with Gasteiger partial charge in [0, 0.05) is 43.9 Å². The van der Waals surface area contributed by atoms with Crippen molar-refractivity contribution in [2.75, 3.05) is 18.4 Å². The third kappa shape index (κ3) is 10.3. The first-order valence-electron chi connectivity index (χ1n) is 16.6. The van der Waals surface area contributed by atoms with Crippen molar-refractivity contribution in [2.24, 2.45) is 5.16 Å². The van der Waals surface area contributed by atoms with Gasteiger partial charge in [0.2, 0.25) is 11.5 Å². The predicted octanol–water partition coefficient (Wildman–Crippen LogP) is 1.59. The van der Waals surface area contributed by atoms with Crippen LogP contribution in [0.25, 0.3) is 0 Å². The van der Waals surface area contributed by atoms with Crippen LogP contribution in [0, 0.1) is 0 Å². The molecule has 19 nitrogen and oxygen atoms in total. The van der Waals surface area contributed by atoms with E-state index in [2.05, 4.69) is 46.5 Å². The van der Waals surface area contributed by atoms with Gasteiger partial charge < -0.3 is 35.4 Å². The van der Waals surface area contributed by atoms with Gasteiger partial charge in [-0.1, -0.05) is 5.16 Å². The number of thiazole rings is 1. The van der Waals surface area contributed by atoms with Crippen LogP contribution < -0.4 is 21.3 Å². The molecule has 0 radical (unpaired) electrons. The summed E-state index contributed by atoms with van der Waals surface area (Å²) in [6.45, 7) is 12.8. The van der Waals surface area contributed by atoms with Crippen LogP contribution in [0.4, 0.5) is 14.7 Å². The minimum atomic E-state index is -1.55. The van der Waals surface area contributed by atoms with Gasteiger partial charge in [-0.3, -0.25) is 19.8 Å². The van der Waals surface area contributed by atoms with Crippen molar-refractivity contribution in [2.45, 2.75) is 115 Å². The van der Waals surface area contributed by atoms with Gasteiger partial charge in [0.05, 0.1) is 24.5 Å². The SMILES string of the molecule is CC(C)(C)OC(=O)Nc1nc(C(=NOC2(C(=O)O)CC2)C(=O)N[C@@H]2C(=O)N[C@H]2Cn2ncc(CN3CCC(NC(=O)OC(C)(C)C)CC3)n2)cs1. The topological polar surface area (TPSA) is 241 Å². The van der Waals surface area contributed by atoms with Gasteiger partial charge in [-0.25, -0.2) is 19.4 Å². The molecule has 2 aliphatic heterocycles. The smallest absolute Gasteiger partial charge is 0.413 e. The molecule has 0 bridgehead atoms. The number of nitrogens with zero attached hydrogens (tertiary/aromatic N) is 6. The number of likely N-dealkylation sites (tertiary alicyclic amines) is 1. The fourth-order valence-corrected chi connectivity index (χ4v) is 5.88. The summed E-state index contributed by atoms with van der Waals surface area (Å²) < 4.78 is 10.6. The van der Waals surface area contributed by atoms with Crippen molar-refractivity contribution in [3.05, 3.63) is 23.0 Å². The average Bonchev–Trinajstić information content (AvgIpc) is 3.47. The van der Waals surface area contributed by atoms with Gasteiger partial charge in [-0.2, -0.15) is 15.0 Å². The Labute approximate surface area is 297 Å². The van der Waals surface area contributed by atoms with Crippen LogP contribution in [0.15, 0.2) is 16.7 Å². The molecule has 1 aliphatic carbocycles. The van der Waals surface area contributed by atoms with E-state index in [1.165, 1.54) is 10.2 Å². The van der Waals surface area contributed by atoms with Crippen LogP contribution in [0.5, 0.6) is 0 Å². The van der Waals surface area contributed by atoms with Gasteiger partial charge in [-0.15, -0.1) is 11.3 Å². The maximum absolute atomic E-state index is 13.5. The zero-order chi connectivity index (χ0) is 37.1. The first kappa shape index (κ1) is 37.4. The molecule has 3 aliphatic rings. The molecule has 20 heteroatoms. The first-order valence-corrected chi connectivity index (χ1v) is 17.4. The van der Waals surface area contributed by atoms with Crippen LogP contribution in [-0.4, -0.2) is 114 Å². The van der Waals surface area contributed by atoms with Crippen molar-refractivity contribution in [3.8, 4) is 0 Å². The van der Waals surface area contributed by atoms with Gasteiger partial charge in [0.1, 0.15) is 22.9 Å². The van der Waals surface area contributed by atoms with Crippen molar-refractivity contribution >= 4 is 52.2 Å². The van der Waals surface area contributed by atoms with E-state index in [1.54, 1.807) is 27.0 Å². The Bertz CT molecular complexity index is 1670. The number of carboxylic acid groups (broad SMARTS) is 1. The molecule has 0 aromatic carbocycles. The number of carbonyl (C=O) groups is 5. The molecule has 278 valence electrons. The lowest BCUT2D eigenvalue weighted by atomic mass is 9.98. The van der Waals surface area contributed by atoms with Gasteiger partial charge in [0.15, 0.2) is 10.8 Å². The molecule has 2 atom stereocenters. The third-order valence-corrected chi connectivity index (χ3v) is 8.67. The van der Waals surface area contributed by atoms with E-state index in [4.69, 9.17) is 14.3 Å². The minimum Gasteiger partial charge on any atom is -0.478 e.